The van der Waals surface area contributed by atoms with Crippen LogP contribution in [0.1, 0.15) is 16.7 Å². The molecule has 2 aromatic carbocycles. The summed E-state index contributed by atoms with van der Waals surface area (Å²) in [5.41, 5.74) is 3.76. The number of hydrogen-bond donors (Lipinski definition) is 1. The van der Waals surface area contributed by atoms with Crippen molar-refractivity contribution in [2.45, 2.75) is 13.1 Å². The quantitative estimate of drug-likeness (QED) is 0.678. The van der Waals surface area contributed by atoms with Gasteiger partial charge in [0, 0.05) is 35.5 Å². The number of carbonyl (C=O) groups is 1. The predicted molar refractivity (Wildman–Crippen MR) is 107 cm³/mol. The minimum atomic E-state index is -0.113. The molecule has 0 fully saturated rings. The lowest BCUT2D eigenvalue weighted by Gasteiger charge is -2.18. The number of rotatable bonds is 5. The molecule has 3 aromatic rings. The molecule has 4 rings (SSSR count). The van der Waals surface area contributed by atoms with E-state index in [1.165, 1.54) is 0 Å². The molecular formula is C21H18BrN3O2. The van der Waals surface area contributed by atoms with Gasteiger partial charge in [-0.15, -0.1) is 0 Å². The molecule has 1 aliphatic heterocycles. The molecular weight excluding hydrogens is 406 g/mol. The van der Waals surface area contributed by atoms with Crippen LogP contribution in [0.3, 0.4) is 0 Å². The summed E-state index contributed by atoms with van der Waals surface area (Å²) < 4.78 is 8.66. The zero-order valence-corrected chi connectivity index (χ0v) is 16.1. The van der Waals surface area contributed by atoms with Crippen molar-refractivity contribution >= 4 is 27.9 Å². The summed E-state index contributed by atoms with van der Waals surface area (Å²) in [5.74, 6) is 0.679. The van der Waals surface area contributed by atoms with Crippen LogP contribution in [0.15, 0.2) is 71.2 Å². The number of amides is 1. The summed E-state index contributed by atoms with van der Waals surface area (Å²) in [6.45, 7) is 1.46. The Bertz CT molecular complexity index is 996. The Hall–Kier alpha value is -2.86. The van der Waals surface area contributed by atoms with E-state index in [1.54, 1.807) is 12.5 Å². The van der Waals surface area contributed by atoms with Crippen molar-refractivity contribution in [1.82, 2.24) is 14.9 Å². The highest BCUT2D eigenvalue weighted by Crippen LogP contribution is 2.29. The average molecular weight is 424 g/mol. The summed E-state index contributed by atoms with van der Waals surface area (Å²) in [6, 6.07) is 13.9. The fourth-order valence-corrected chi connectivity index (χ4v) is 3.41. The van der Waals surface area contributed by atoms with E-state index in [0.717, 1.165) is 33.5 Å². The maximum atomic E-state index is 12.6. The van der Waals surface area contributed by atoms with Crippen LogP contribution in [0.4, 0.5) is 0 Å². The summed E-state index contributed by atoms with van der Waals surface area (Å²) in [4.78, 5) is 16.7. The van der Waals surface area contributed by atoms with Gasteiger partial charge in [-0.25, -0.2) is 4.98 Å². The van der Waals surface area contributed by atoms with Gasteiger partial charge >= 0.3 is 0 Å². The van der Waals surface area contributed by atoms with E-state index in [2.05, 4.69) is 32.3 Å². The fraction of sp³-hybridized carbons (Fsp3) is 0.143. The standard InChI is InChI=1S/C21H18BrN3O2/c22-19-5-6-20-17(10-19)9-18(13-27-20)21(26)24-11-15-3-1-2-4-16(15)12-25-8-7-23-14-25/h1-10,14H,11-13H2,(H,24,26). The van der Waals surface area contributed by atoms with Gasteiger partial charge in [-0.3, -0.25) is 4.79 Å². The van der Waals surface area contributed by atoms with E-state index in [4.69, 9.17) is 4.74 Å². The van der Waals surface area contributed by atoms with E-state index in [-0.39, 0.29) is 12.5 Å². The van der Waals surface area contributed by atoms with E-state index in [9.17, 15) is 4.79 Å². The fourth-order valence-electron chi connectivity index (χ4n) is 3.03. The summed E-state index contributed by atoms with van der Waals surface area (Å²) in [5, 5.41) is 3.01. The first-order valence-corrected chi connectivity index (χ1v) is 9.42. The normalized spacial score (nSPS) is 12.7. The van der Waals surface area contributed by atoms with Crippen molar-refractivity contribution in [1.29, 1.82) is 0 Å². The van der Waals surface area contributed by atoms with Crippen LogP contribution in [0.5, 0.6) is 5.75 Å². The maximum Gasteiger partial charge on any atom is 0.250 e. The number of fused-ring (bicyclic) bond motifs is 1. The number of benzene rings is 2. The molecule has 0 spiro atoms. The molecule has 1 N–H and O–H groups in total. The van der Waals surface area contributed by atoms with E-state index < -0.39 is 0 Å². The number of ether oxygens (including phenoxy) is 1. The van der Waals surface area contributed by atoms with Gasteiger partial charge in [-0.2, -0.15) is 0 Å². The number of aromatic nitrogens is 2. The lowest BCUT2D eigenvalue weighted by Crippen LogP contribution is -2.28. The Kier molecular flexibility index (Phi) is 5.07. The van der Waals surface area contributed by atoms with Crippen LogP contribution >= 0.6 is 15.9 Å². The second kappa shape index (κ2) is 7.80. The van der Waals surface area contributed by atoms with Gasteiger partial charge in [-0.1, -0.05) is 40.2 Å². The minimum absolute atomic E-state index is 0.113. The van der Waals surface area contributed by atoms with Crippen LogP contribution in [-0.2, 0) is 17.9 Å². The molecule has 1 amide bonds. The highest BCUT2D eigenvalue weighted by molar-refractivity contribution is 9.10. The molecule has 136 valence electrons. The molecule has 2 heterocycles. The second-order valence-corrected chi connectivity index (χ2v) is 7.24. The number of imidazole rings is 1. The lowest BCUT2D eigenvalue weighted by molar-refractivity contribution is -0.117. The highest BCUT2D eigenvalue weighted by atomic mass is 79.9. The Morgan fingerprint density at radius 1 is 1.22 bits per heavy atom. The van der Waals surface area contributed by atoms with Gasteiger partial charge < -0.3 is 14.6 Å². The van der Waals surface area contributed by atoms with Gasteiger partial charge in [0.15, 0.2) is 0 Å². The Labute approximate surface area is 165 Å². The van der Waals surface area contributed by atoms with Crippen molar-refractivity contribution in [3.63, 3.8) is 0 Å². The summed E-state index contributed by atoms with van der Waals surface area (Å²) in [6.07, 6.45) is 7.36. The Morgan fingerprint density at radius 3 is 2.89 bits per heavy atom. The van der Waals surface area contributed by atoms with Crippen molar-refractivity contribution < 1.29 is 9.53 Å². The summed E-state index contributed by atoms with van der Waals surface area (Å²) in [7, 11) is 0. The first-order valence-electron chi connectivity index (χ1n) is 8.63. The number of nitrogens with one attached hydrogen (secondary N) is 1. The molecule has 0 bridgehead atoms. The topological polar surface area (TPSA) is 56.2 Å². The van der Waals surface area contributed by atoms with Gasteiger partial charge in [0.1, 0.15) is 12.4 Å². The molecule has 1 aromatic heterocycles. The van der Waals surface area contributed by atoms with Gasteiger partial charge in [0.2, 0.25) is 0 Å². The van der Waals surface area contributed by atoms with Crippen LogP contribution in [0.2, 0.25) is 0 Å². The molecule has 27 heavy (non-hydrogen) atoms. The summed E-state index contributed by atoms with van der Waals surface area (Å²) >= 11 is 3.45. The first-order chi connectivity index (χ1) is 13.2. The Morgan fingerprint density at radius 2 is 2.07 bits per heavy atom. The zero-order valence-electron chi connectivity index (χ0n) is 14.6. The molecule has 1 aliphatic rings. The highest BCUT2D eigenvalue weighted by Gasteiger charge is 2.17. The van der Waals surface area contributed by atoms with Crippen molar-refractivity contribution in [2.75, 3.05) is 6.61 Å². The van der Waals surface area contributed by atoms with Crippen molar-refractivity contribution in [2.24, 2.45) is 0 Å². The smallest absolute Gasteiger partial charge is 0.250 e. The van der Waals surface area contributed by atoms with Crippen LogP contribution in [0, 0.1) is 0 Å². The third kappa shape index (κ3) is 4.11. The molecule has 0 unspecified atom stereocenters. The van der Waals surface area contributed by atoms with Gasteiger partial charge in [0.25, 0.3) is 5.91 Å². The lowest BCUT2D eigenvalue weighted by atomic mass is 10.1. The second-order valence-electron chi connectivity index (χ2n) is 6.33. The number of nitrogens with zero attached hydrogens (tertiary/aromatic N) is 2. The SMILES string of the molecule is O=C(NCc1ccccc1Cn1ccnc1)C1=Cc2cc(Br)ccc2OC1. The number of hydrogen-bond acceptors (Lipinski definition) is 3. The molecule has 0 saturated carbocycles. The van der Waals surface area contributed by atoms with E-state index in [1.807, 2.05) is 53.2 Å². The van der Waals surface area contributed by atoms with Gasteiger partial charge in [0.05, 0.1) is 11.9 Å². The van der Waals surface area contributed by atoms with E-state index >= 15 is 0 Å². The zero-order chi connectivity index (χ0) is 18.6. The monoisotopic (exact) mass is 423 g/mol. The molecule has 0 saturated heterocycles. The average Bonchev–Trinajstić information content (AvgIpc) is 3.19. The third-order valence-corrected chi connectivity index (χ3v) is 4.94. The largest absolute Gasteiger partial charge is 0.488 e. The van der Waals surface area contributed by atoms with Gasteiger partial charge in [-0.05, 0) is 35.4 Å². The van der Waals surface area contributed by atoms with Crippen LogP contribution in [-0.4, -0.2) is 22.1 Å². The molecule has 0 radical (unpaired) electrons. The van der Waals surface area contributed by atoms with E-state index in [0.29, 0.717) is 12.1 Å². The Balaban J connectivity index is 1.46. The van der Waals surface area contributed by atoms with Crippen LogP contribution in [0.25, 0.3) is 6.08 Å². The van der Waals surface area contributed by atoms with Crippen molar-refractivity contribution in [3.05, 3.63) is 87.9 Å². The predicted octanol–water partition coefficient (Wildman–Crippen LogP) is 3.79. The maximum absolute atomic E-state index is 12.6. The third-order valence-electron chi connectivity index (χ3n) is 4.45. The molecule has 0 atom stereocenters. The molecule has 0 aliphatic carbocycles. The molecule has 5 nitrogen and oxygen atoms in total. The number of carbonyl (C=O) groups excluding carboxylic acids is 1. The minimum Gasteiger partial charge on any atom is -0.488 e. The first kappa shape index (κ1) is 17.5. The number of halogens is 1. The molecule has 6 heteroatoms. The van der Waals surface area contributed by atoms with Crippen molar-refractivity contribution in [3.8, 4) is 5.75 Å². The van der Waals surface area contributed by atoms with Crippen LogP contribution < -0.4 is 10.1 Å².